The molecular formula is C12H7ClN2S. The van der Waals surface area contributed by atoms with Crippen LogP contribution in [0.4, 0.5) is 0 Å². The minimum atomic E-state index is 0.747. The lowest BCUT2D eigenvalue weighted by Gasteiger charge is -1.91. The van der Waals surface area contributed by atoms with Crippen LogP contribution in [0.15, 0.2) is 42.6 Å². The standard InChI is InChI=1S/C12H7ClN2S/c13-8-4-3-6-9-11(8)16-12(15-9)10-5-1-2-7-14-10/h1-7H. The number of aromatic nitrogens is 2. The van der Waals surface area contributed by atoms with Crippen molar-refractivity contribution in [2.24, 2.45) is 0 Å². The summed E-state index contributed by atoms with van der Waals surface area (Å²) >= 11 is 7.68. The molecule has 0 fully saturated rings. The zero-order chi connectivity index (χ0) is 11.0. The average Bonchev–Trinajstić information content (AvgIpc) is 2.76. The van der Waals surface area contributed by atoms with Crippen LogP contribution in [-0.4, -0.2) is 9.97 Å². The first kappa shape index (κ1) is 9.75. The molecule has 4 heteroatoms. The molecule has 3 aromatic rings. The van der Waals surface area contributed by atoms with E-state index in [0.717, 1.165) is 25.9 Å². The minimum Gasteiger partial charge on any atom is -0.254 e. The molecule has 0 saturated carbocycles. The molecule has 1 aromatic carbocycles. The van der Waals surface area contributed by atoms with Gasteiger partial charge in [0.1, 0.15) is 5.01 Å². The zero-order valence-electron chi connectivity index (χ0n) is 8.22. The van der Waals surface area contributed by atoms with Gasteiger partial charge in [0.25, 0.3) is 0 Å². The molecule has 2 heterocycles. The number of halogens is 1. The van der Waals surface area contributed by atoms with Crippen molar-refractivity contribution < 1.29 is 0 Å². The largest absolute Gasteiger partial charge is 0.254 e. The normalized spacial score (nSPS) is 10.8. The zero-order valence-corrected chi connectivity index (χ0v) is 9.79. The van der Waals surface area contributed by atoms with Crippen molar-refractivity contribution in [1.82, 2.24) is 9.97 Å². The first-order valence-electron chi connectivity index (χ1n) is 4.81. The molecule has 0 spiro atoms. The molecule has 0 N–H and O–H groups in total. The molecule has 3 rings (SSSR count). The average molecular weight is 247 g/mol. The van der Waals surface area contributed by atoms with Crippen LogP contribution in [0.1, 0.15) is 0 Å². The molecule has 0 amide bonds. The van der Waals surface area contributed by atoms with E-state index < -0.39 is 0 Å². The Labute approximate surface area is 102 Å². The predicted octanol–water partition coefficient (Wildman–Crippen LogP) is 4.01. The highest BCUT2D eigenvalue weighted by atomic mass is 35.5. The van der Waals surface area contributed by atoms with E-state index in [9.17, 15) is 0 Å². The van der Waals surface area contributed by atoms with E-state index in [1.807, 2.05) is 36.4 Å². The summed E-state index contributed by atoms with van der Waals surface area (Å²) in [6.45, 7) is 0. The third-order valence-electron chi connectivity index (χ3n) is 2.25. The smallest absolute Gasteiger partial charge is 0.143 e. The maximum Gasteiger partial charge on any atom is 0.143 e. The van der Waals surface area contributed by atoms with E-state index in [-0.39, 0.29) is 0 Å². The Hall–Kier alpha value is -1.45. The molecule has 0 aliphatic carbocycles. The quantitative estimate of drug-likeness (QED) is 0.648. The maximum absolute atomic E-state index is 6.11. The second kappa shape index (κ2) is 3.85. The third-order valence-corrected chi connectivity index (χ3v) is 3.80. The number of thiazole rings is 1. The number of hydrogen-bond acceptors (Lipinski definition) is 3. The van der Waals surface area contributed by atoms with Crippen LogP contribution in [0.3, 0.4) is 0 Å². The lowest BCUT2D eigenvalue weighted by atomic mass is 10.3. The van der Waals surface area contributed by atoms with Crippen LogP contribution in [0.5, 0.6) is 0 Å². The van der Waals surface area contributed by atoms with Crippen LogP contribution in [0.2, 0.25) is 5.02 Å². The highest BCUT2D eigenvalue weighted by molar-refractivity contribution is 7.22. The van der Waals surface area contributed by atoms with E-state index in [2.05, 4.69) is 9.97 Å². The van der Waals surface area contributed by atoms with Gasteiger partial charge in [-0.1, -0.05) is 23.7 Å². The molecule has 0 saturated heterocycles. The molecular weight excluding hydrogens is 240 g/mol. The molecule has 0 aliphatic heterocycles. The molecule has 0 unspecified atom stereocenters. The van der Waals surface area contributed by atoms with E-state index in [4.69, 9.17) is 11.6 Å². The van der Waals surface area contributed by atoms with Gasteiger partial charge in [-0.2, -0.15) is 0 Å². The van der Waals surface area contributed by atoms with Crippen molar-refractivity contribution >= 4 is 33.2 Å². The fraction of sp³-hybridized carbons (Fsp3) is 0. The first-order chi connectivity index (χ1) is 7.84. The van der Waals surface area contributed by atoms with E-state index in [1.54, 1.807) is 17.5 Å². The summed E-state index contributed by atoms with van der Waals surface area (Å²) in [5, 5.41) is 1.65. The monoisotopic (exact) mass is 246 g/mol. The van der Waals surface area contributed by atoms with Crippen molar-refractivity contribution in [2.45, 2.75) is 0 Å². The van der Waals surface area contributed by atoms with Gasteiger partial charge in [0.05, 0.1) is 20.9 Å². The van der Waals surface area contributed by atoms with Gasteiger partial charge >= 0.3 is 0 Å². The Morgan fingerprint density at radius 2 is 2.00 bits per heavy atom. The fourth-order valence-electron chi connectivity index (χ4n) is 1.51. The Morgan fingerprint density at radius 1 is 1.06 bits per heavy atom. The van der Waals surface area contributed by atoms with Gasteiger partial charge in [-0.25, -0.2) is 4.98 Å². The number of pyridine rings is 1. The summed E-state index contributed by atoms with van der Waals surface area (Å²) < 4.78 is 1.02. The fourth-order valence-corrected chi connectivity index (χ4v) is 2.75. The van der Waals surface area contributed by atoms with Gasteiger partial charge < -0.3 is 0 Å². The van der Waals surface area contributed by atoms with E-state index in [1.165, 1.54) is 0 Å². The highest BCUT2D eigenvalue weighted by Gasteiger charge is 2.08. The number of fused-ring (bicyclic) bond motifs is 1. The highest BCUT2D eigenvalue weighted by Crippen LogP contribution is 2.33. The van der Waals surface area contributed by atoms with Gasteiger partial charge in [0, 0.05) is 6.20 Å². The lowest BCUT2D eigenvalue weighted by Crippen LogP contribution is -1.78. The topological polar surface area (TPSA) is 25.8 Å². The van der Waals surface area contributed by atoms with Crippen molar-refractivity contribution in [2.75, 3.05) is 0 Å². The van der Waals surface area contributed by atoms with Crippen molar-refractivity contribution in [1.29, 1.82) is 0 Å². The molecule has 2 nitrogen and oxygen atoms in total. The van der Waals surface area contributed by atoms with E-state index >= 15 is 0 Å². The lowest BCUT2D eigenvalue weighted by molar-refractivity contribution is 1.31. The van der Waals surface area contributed by atoms with Gasteiger partial charge in [-0.15, -0.1) is 11.3 Å². The van der Waals surface area contributed by atoms with Crippen LogP contribution >= 0.6 is 22.9 Å². The van der Waals surface area contributed by atoms with Crippen molar-refractivity contribution in [3.05, 3.63) is 47.6 Å². The van der Waals surface area contributed by atoms with Gasteiger partial charge in [-0.05, 0) is 24.3 Å². The predicted molar refractivity (Wildman–Crippen MR) is 67.9 cm³/mol. The SMILES string of the molecule is Clc1cccc2nc(-c3ccccn3)sc12. The number of hydrogen-bond donors (Lipinski definition) is 0. The van der Waals surface area contributed by atoms with Crippen LogP contribution in [-0.2, 0) is 0 Å². The number of rotatable bonds is 1. The molecule has 0 bridgehead atoms. The third kappa shape index (κ3) is 1.58. The molecule has 0 aliphatic rings. The van der Waals surface area contributed by atoms with Crippen molar-refractivity contribution in [3.8, 4) is 10.7 Å². The number of benzene rings is 1. The van der Waals surface area contributed by atoms with Gasteiger partial charge in [-0.3, -0.25) is 4.98 Å². The minimum absolute atomic E-state index is 0.747. The van der Waals surface area contributed by atoms with E-state index in [0.29, 0.717) is 0 Å². The molecule has 2 aromatic heterocycles. The molecule has 78 valence electrons. The maximum atomic E-state index is 6.11. The summed E-state index contributed by atoms with van der Waals surface area (Å²) in [5.74, 6) is 0. The Balaban J connectivity index is 2.23. The Bertz CT molecular complexity index is 634. The Kier molecular flexibility index (Phi) is 2.35. The van der Waals surface area contributed by atoms with Crippen LogP contribution < -0.4 is 0 Å². The van der Waals surface area contributed by atoms with Crippen molar-refractivity contribution in [3.63, 3.8) is 0 Å². The van der Waals surface area contributed by atoms with Crippen LogP contribution in [0.25, 0.3) is 20.9 Å². The summed E-state index contributed by atoms with van der Waals surface area (Å²) in [6.07, 6.45) is 1.77. The second-order valence-electron chi connectivity index (χ2n) is 3.32. The summed E-state index contributed by atoms with van der Waals surface area (Å²) in [7, 11) is 0. The van der Waals surface area contributed by atoms with Gasteiger partial charge in [0.2, 0.25) is 0 Å². The molecule has 0 radical (unpaired) electrons. The molecule has 0 atom stereocenters. The second-order valence-corrected chi connectivity index (χ2v) is 4.73. The Morgan fingerprint density at radius 3 is 2.75 bits per heavy atom. The molecule has 16 heavy (non-hydrogen) atoms. The number of nitrogens with zero attached hydrogens (tertiary/aromatic N) is 2. The summed E-state index contributed by atoms with van der Waals surface area (Å²) in [5.41, 5.74) is 1.82. The summed E-state index contributed by atoms with van der Waals surface area (Å²) in [4.78, 5) is 8.79. The van der Waals surface area contributed by atoms with Crippen LogP contribution in [0, 0.1) is 0 Å². The van der Waals surface area contributed by atoms with Gasteiger partial charge in [0.15, 0.2) is 0 Å². The first-order valence-corrected chi connectivity index (χ1v) is 6.00. The summed E-state index contributed by atoms with van der Waals surface area (Å²) in [6, 6.07) is 11.5.